The molecular weight excluding hydrogens is 202 g/mol. The minimum atomic E-state index is 0.131. The zero-order valence-corrected chi connectivity index (χ0v) is 9.96. The molecule has 90 valence electrons. The van der Waals surface area contributed by atoms with E-state index in [1.807, 2.05) is 6.07 Å². The minimum absolute atomic E-state index is 0.131. The van der Waals surface area contributed by atoms with Crippen LogP contribution in [0, 0.1) is 0 Å². The van der Waals surface area contributed by atoms with Crippen molar-refractivity contribution < 1.29 is 4.79 Å². The predicted molar refractivity (Wildman–Crippen MR) is 63.8 cm³/mol. The third-order valence-corrected chi connectivity index (χ3v) is 2.54. The van der Waals surface area contributed by atoms with Gasteiger partial charge < -0.3 is 5.32 Å². The number of unbranched alkanes of at least 4 members (excludes halogenated alkanes) is 4. The molecule has 1 aromatic heterocycles. The smallest absolute Gasteiger partial charge is 0.220 e. The molecule has 4 nitrogen and oxygen atoms in total. The maximum absolute atomic E-state index is 11.4. The molecule has 0 aromatic carbocycles. The van der Waals surface area contributed by atoms with E-state index in [4.69, 9.17) is 0 Å². The molecule has 0 aliphatic heterocycles. The monoisotopic (exact) mass is 223 g/mol. The van der Waals surface area contributed by atoms with Crippen LogP contribution in [0.25, 0.3) is 0 Å². The van der Waals surface area contributed by atoms with Gasteiger partial charge in [0.05, 0.1) is 12.2 Å². The van der Waals surface area contributed by atoms with Gasteiger partial charge in [-0.1, -0.05) is 32.6 Å². The van der Waals surface area contributed by atoms with Crippen LogP contribution in [0.15, 0.2) is 12.3 Å². The first-order chi connectivity index (χ1) is 7.83. The molecule has 1 rings (SSSR count). The second-order valence-corrected chi connectivity index (χ2v) is 4.02. The Kier molecular flexibility index (Phi) is 6.30. The van der Waals surface area contributed by atoms with Gasteiger partial charge in [-0.25, -0.2) is 0 Å². The number of H-pyrrole nitrogens is 1. The predicted octanol–water partition coefficient (Wildman–Crippen LogP) is 2.39. The summed E-state index contributed by atoms with van der Waals surface area (Å²) in [6.45, 7) is 2.74. The first-order valence-electron chi connectivity index (χ1n) is 6.08. The van der Waals surface area contributed by atoms with Crippen molar-refractivity contribution in [2.24, 2.45) is 0 Å². The molecule has 0 fully saturated rings. The quantitative estimate of drug-likeness (QED) is 0.665. The molecule has 0 saturated carbocycles. The molecule has 0 aliphatic rings. The second kappa shape index (κ2) is 7.91. The van der Waals surface area contributed by atoms with Crippen LogP contribution in [0.3, 0.4) is 0 Å². The van der Waals surface area contributed by atoms with Crippen molar-refractivity contribution in [3.8, 4) is 0 Å². The van der Waals surface area contributed by atoms with E-state index in [-0.39, 0.29) is 5.91 Å². The average molecular weight is 223 g/mol. The van der Waals surface area contributed by atoms with Crippen LogP contribution in [-0.4, -0.2) is 16.1 Å². The fourth-order valence-electron chi connectivity index (χ4n) is 1.55. The number of aromatic amines is 1. The van der Waals surface area contributed by atoms with E-state index in [2.05, 4.69) is 22.4 Å². The zero-order valence-electron chi connectivity index (χ0n) is 9.96. The van der Waals surface area contributed by atoms with Gasteiger partial charge in [-0.15, -0.1) is 0 Å². The summed E-state index contributed by atoms with van der Waals surface area (Å²) >= 11 is 0. The number of nitrogens with zero attached hydrogens (tertiary/aromatic N) is 1. The normalized spacial score (nSPS) is 10.3. The summed E-state index contributed by atoms with van der Waals surface area (Å²) in [6, 6.07) is 1.86. The van der Waals surface area contributed by atoms with Crippen molar-refractivity contribution in [1.29, 1.82) is 0 Å². The van der Waals surface area contributed by atoms with Gasteiger partial charge in [-0.3, -0.25) is 9.89 Å². The van der Waals surface area contributed by atoms with Crippen molar-refractivity contribution in [1.82, 2.24) is 15.5 Å². The number of nitrogens with one attached hydrogen (secondary N) is 2. The molecular formula is C12H21N3O. The fraction of sp³-hybridized carbons (Fsp3) is 0.667. The number of hydrogen-bond acceptors (Lipinski definition) is 2. The third kappa shape index (κ3) is 5.53. The lowest BCUT2D eigenvalue weighted by Gasteiger charge is -2.03. The summed E-state index contributed by atoms with van der Waals surface area (Å²) in [4.78, 5) is 11.4. The SMILES string of the molecule is CCCCCCCC(=O)NCc1ccn[nH]1. The molecule has 16 heavy (non-hydrogen) atoms. The molecule has 0 bridgehead atoms. The topological polar surface area (TPSA) is 57.8 Å². The Balaban J connectivity index is 1.99. The lowest BCUT2D eigenvalue weighted by Crippen LogP contribution is -2.22. The molecule has 0 spiro atoms. The summed E-state index contributed by atoms with van der Waals surface area (Å²) in [5, 5.41) is 9.50. The van der Waals surface area contributed by atoms with Gasteiger partial charge >= 0.3 is 0 Å². The molecule has 1 heterocycles. The highest BCUT2D eigenvalue weighted by Gasteiger charge is 2.01. The Bertz CT molecular complexity index is 282. The van der Waals surface area contributed by atoms with Crippen LogP contribution < -0.4 is 5.32 Å². The Hall–Kier alpha value is -1.32. The number of amides is 1. The Morgan fingerprint density at radius 3 is 2.88 bits per heavy atom. The maximum Gasteiger partial charge on any atom is 0.220 e. The standard InChI is InChI=1S/C12H21N3O/c1-2-3-4-5-6-7-12(16)13-10-11-8-9-14-15-11/h8-9H,2-7,10H2,1H3,(H,13,16)(H,14,15). The largest absolute Gasteiger partial charge is 0.350 e. The maximum atomic E-state index is 11.4. The van der Waals surface area contributed by atoms with Crippen molar-refractivity contribution in [3.05, 3.63) is 18.0 Å². The van der Waals surface area contributed by atoms with Crippen LogP contribution in [0.2, 0.25) is 0 Å². The first kappa shape index (κ1) is 12.7. The number of carbonyl (C=O) groups excluding carboxylic acids is 1. The summed E-state index contributed by atoms with van der Waals surface area (Å²) < 4.78 is 0. The van der Waals surface area contributed by atoms with Gasteiger partial charge in [0.2, 0.25) is 5.91 Å². The molecule has 0 unspecified atom stereocenters. The Morgan fingerprint density at radius 1 is 1.38 bits per heavy atom. The van der Waals surface area contributed by atoms with E-state index in [0.717, 1.165) is 18.5 Å². The zero-order chi connectivity index (χ0) is 11.6. The van der Waals surface area contributed by atoms with Gasteiger partial charge in [0.1, 0.15) is 0 Å². The van der Waals surface area contributed by atoms with E-state index in [1.165, 1.54) is 19.3 Å². The molecule has 0 saturated heterocycles. The highest BCUT2D eigenvalue weighted by Crippen LogP contribution is 2.04. The van der Waals surface area contributed by atoms with Crippen molar-refractivity contribution in [2.45, 2.75) is 52.0 Å². The third-order valence-electron chi connectivity index (χ3n) is 2.54. The van der Waals surface area contributed by atoms with Gasteiger partial charge in [0.25, 0.3) is 0 Å². The molecule has 2 N–H and O–H groups in total. The lowest BCUT2D eigenvalue weighted by molar-refractivity contribution is -0.121. The van der Waals surface area contributed by atoms with E-state index >= 15 is 0 Å². The van der Waals surface area contributed by atoms with Crippen LogP contribution in [-0.2, 0) is 11.3 Å². The highest BCUT2D eigenvalue weighted by atomic mass is 16.1. The number of hydrogen-bond donors (Lipinski definition) is 2. The van der Waals surface area contributed by atoms with Crippen molar-refractivity contribution >= 4 is 5.91 Å². The van der Waals surface area contributed by atoms with Gasteiger partial charge in [-0.05, 0) is 12.5 Å². The minimum Gasteiger partial charge on any atom is -0.350 e. The van der Waals surface area contributed by atoms with Crippen LogP contribution >= 0.6 is 0 Å². The van der Waals surface area contributed by atoms with Crippen LogP contribution in [0.1, 0.15) is 51.1 Å². The van der Waals surface area contributed by atoms with Crippen molar-refractivity contribution in [3.63, 3.8) is 0 Å². The molecule has 0 radical (unpaired) electrons. The second-order valence-electron chi connectivity index (χ2n) is 4.02. The fourth-order valence-corrected chi connectivity index (χ4v) is 1.55. The van der Waals surface area contributed by atoms with E-state index in [1.54, 1.807) is 6.20 Å². The lowest BCUT2D eigenvalue weighted by atomic mass is 10.1. The molecule has 1 amide bonds. The number of rotatable bonds is 8. The number of carbonyl (C=O) groups is 1. The van der Waals surface area contributed by atoms with Gasteiger partial charge in [0.15, 0.2) is 0 Å². The molecule has 0 atom stereocenters. The summed E-state index contributed by atoms with van der Waals surface area (Å²) in [5.41, 5.74) is 0.944. The molecule has 1 aromatic rings. The Morgan fingerprint density at radius 2 is 2.19 bits per heavy atom. The van der Waals surface area contributed by atoms with Crippen molar-refractivity contribution in [2.75, 3.05) is 0 Å². The molecule has 4 heteroatoms. The van der Waals surface area contributed by atoms with Gasteiger partial charge in [-0.2, -0.15) is 5.10 Å². The van der Waals surface area contributed by atoms with E-state index in [0.29, 0.717) is 13.0 Å². The van der Waals surface area contributed by atoms with E-state index in [9.17, 15) is 4.79 Å². The summed E-state index contributed by atoms with van der Waals surface area (Å²) in [5.74, 6) is 0.131. The van der Waals surface area contributed by atoms with Crippen LogP contribution in [0.5, 0.6) is 0 Å². The average Bonchev–Trinajstić information content (AvgIpc) is 2.79. The van der Waals surface area contributed by atoms with E-state index < -0.39 is 0 Å². The summed E-state index contributed by atoms with van der Waals surface area (Å²) in [7, 11) is 0. The Labute approximate surface area is 96.8 Å². The van der Waals surface area contributed by atoms with Crippen LogP contribution in [0.4, 0.5) is 0 Å². The molecule has 0 aliphatic carbocycles. The number of aromatic nitrogens is 2. The first-order valence-corrected chi connectivity index (χ1v) is 6.08. The van der Waals surface area contributed by atoms with Gasteiger partial charge in [0, 0.05) is 12.6 Å². The highest BCUT2D eigenvalue weighted by molar-refractivity contribution is 5.75. The summed E-state index contributed by atoms with van der Waals surface area (Å²) in [6.07, 6.45) is 8.23.